The van der Waals surface area contributed by atoms with Gasteiger partial charge in [0.1, 0.15) is 25.5 Å². The van der Waals surface area contributed by atoms with Gasteiger partial charge in [-0.2, -0.15) is 4.72 Å². The maximum atomic E-state index is 12.2. The molecule has 6 nitrogen and oxygen atoms in total. The van der Waals surface area contributed by atoms with E-state index in [1.54, 1.807) is 12.1 Å². The fraction of sp³-hybridized carbons (Fsp3) is 0.316. The average Bonchev–Trinajstić information content (AvgIpc) is 2.60. The standard InChI is InChI=1S/C19H23NO5S/c1-14-8-9-17(12-16(14)3)26(22,23)20-13-19(21)25-11-10-24-18-7-5-4-6-15(18)2/h4-9,12,20H,10-11,13H2,1-3H3. The molecule has 140 valence electrons. The number of carbonyl (C=O) groups is 1. The smallest absolute Gasteiger partial charge is 0.321 e. The van der Waals surface area contributed by atoms with Crippen LogP contribution in [0.4, 0.5) is 0 Å². The highest BCUT2D eigenvalue weighted by Crippen LogP contribution is 2.16. The van der Waals surface area contributed by atoms with Crippen molar-refractivity contribution in [1.29, 1.82) is 0 Å². The van der Waals surface area contributed by atoms with Crippen LogP contribution < -0.4 is 9.46 Å². The summed E-state index contributed by atoms with van der Waals surface area (Å²) in [5.41, 5.74) is 2.85. The second-order valence-corrected chi connectivity index (χ2v) is 7.67. The van der Waals surface area contributed by atoms with E-state index in [9.17, 15) is 13.2 Å². The van der Waals surface area contributed by atoms with E-state index < -0.39 is 22.5 Å². The van der Waals surface area contributed by atoms with Crippen molar-refractivity contribution in [2.75, 3.05) is 19.8 Å². The topological polar surface area (TPSA) is 81.7 Å². The Morgan fingerprint density at radius 3 is 2.38 bits per heavy atom. The molecule has 0 aliphatic rings. The molecule has 2 aromatic rings. The molecule has 0 saturated carbocycles. The number of sulfonamides is 1. The van der Waals surface area contributed by atoms with Crippen LogP contribution in [0.1, 0.15) is 16.7 Å². The van der Waals surface area contributed by atoms with Gasteiger partial charge < -0.3 is 9.47 Å². The molecule has 0 aromatic heterocycles. The maximum absolute atomic E-state index is 12.2. The van der Waals surface area contributed by atoms with Gasteiger partial charge in [0, 0.05) is 0 Å². The SMILES string of the molecule is Cc1ccc(S(=O)(=O)NCC(=O)OCCOc2ccccc2C)cc1C. The molecule has 2 aromatic carbocycles. The minimum Gasteiger partial charge on any atom is -0.490 e. The average molecular weight is 377 g/mol. The number of carbonyl (C=O) groups excluding carboxylic acids is 1. The van der Waals surface area contributed by atoms with Crippen molar-refractivity contribution >= 4 is 16.0 Å². The summed E-state index contributed by atoms with van der Waals surface area (Å²) in [6, 6.07) is 12.3. The molecule has 1 N–H and O–H groups in total. The summed E-state index contributed by atoms with van der Waals surface area (Å²) in [4.78, 5) is 11.8. The monoisotopic (exact) mass is 377 g/mol. The molecule has 0 atom stereocenters. The minimum absolute atomic E-state index is 0.0402. The fourth-order valence-electron chi connectivity index (χ4n) is 2.19. The lowest BCUT2D eigenvalue weighted by atomic mass is 10.1. The van der Waals surface area contributed by atoms with E-state index in [2.05, 4.69) is 4.72 Å². The first-order valence-electron chi connectivity index (χ1n) is 8.20. The summed E-state index contributed by atoms with van der Waals surface area (Å²) in [7, 11) is -3.76. The number of benzene rings is 2. The van der Waals surface area contributed by atoms with E-state index in [0.29, 0.717) is 0 Å². The van der Waals surface area contributed by atoms with Crippen LogP contribution in [0.2, 0.25) is 0 Å². The van der Waals surface area contributed by atoms with E-state index in [1.807, 2.05) is 45.0 Å². The molecule has 0 aliphatic carbocycles. The molecule has 0 aliphatic heterocycles. The lowest BCUT2D eigenvalue weighted by Crippen LogP contribution is -2.31. The van der Waals surface area contributed by atoms with Crippen molar-refractivity contribution in [2.24, 2.45) is 0 Å². The van der Waals surface area contributed by atoms with Gasteiger partial charge in [0.15, 0.2) is 0 Å². The molecule has 0 amide bonds. The van der Waals surface area contributed by atoms with Gasteiger partial charge in [0.25, 0.3) is 0 Å². The summed E-state index contributed by atoms with van der Waals surface area (Å²) in [6.45, 7) is 5.45. The predicted molar refractivity (Wildman–Crippen MR) is 98.7 cm³/mol. The van der Waals surface area contributed by atoms with Crippen molar-refractivity contribution in [3.8, 4) is 5.75 Å². The number of para-hydroxylation sites is 1. The molecule has 2 rings (SSSR count). The first kappa shape index (κ1) is 19.9. The molecular weight excluding hydrogens is 354 g/mol. The lowest BCUT2D eigenvalue weighted by molar-refractivity contribution is -0.142. The normalized spacial score (nSPS) is 11.2. The van der Waals surface area contributed by atoms with E-state index in [4.69, 9.17) is 9.47 Å². The highest BCUT2D eigenvalue weighted by Gasteiger charge is 2.16. The number of hydrogen-bond donors (Lipinski definition) is 1. The van der Waals surface area contributed by atoms with Gasteiger partial charge in [0.05, 0.1) is 4.90 Å². The van der Waals surface area contributed by atoms with Crippen molar-refractivity contribution in [1.82, 2.24) is 4.72 Å². The zero-order valence-corrected chi connectivity index (χ0v) is 15.9. The lowest BCUT2D eigenvalue weighted by Gasteiger charge is -2.10. The number of aryl methyl sites for hydroxylation is 3. The Bertz CT molecular complexity index is 877. The summed E-state index contributed by atoms with van der Waals surface area (Å²) in [5.74, 6) is 0.0600. The van der Waals surface area contributed by atoms with E-state index in [-0.39, 0.29) is 18.1 Å². The van der Waals surface area contributed by atoms with Gasteiger partial charge in [-0.3, -0.25) is 4.79 Å². The summed E-state index contributed by atoms with van der Waals surface area (Å²) in [5, 5.41) is 0. The van der Waals surface area contributed by atoms with Crippen LogP contribution in [0.5, 0.6) is 5.75 Å². The third kappa shape index (κ3) is 5.57. The maximum Gasteiger partial charge on any atom is 0.321 e. The summed E-state index contributed by atoms with van der Waals surface area (Å²) >= 11 is 0. The second-order valence-electron chi connectivity index (χ2n) is 5.91. The third-order valence-electron chi connectivity index (χ3n) is 3.89. The Balaban J connectivity index is 1.77. The van der Waals surface area contributed by atoms with Crippen LogP contribution >= 0.6 is 0 Å². The van der Waals surface area contributed by atoms with E-state index in [0.717, 1.165) is 22.4 Å². The van der Waals surface area contributed by atoms with Gasteiger partial charge >= 0.3 is 5.97 Å². The van der Waals surface area contributed by atoms with Crippen LogP contribution in [0.15, 0.2) is 47.4 Å². The first-order valence-corrected chi connectivity index (χ1v) is 9.69. The number of rotatable bonds is 8. The largest absolute Gasteiger partial charge is 0.490 e. The molecule has 26 heavy (non-hydrogen) atoms. The number of hydrogen-bond acceptors (Lipinski definition) is 5. The van der Waals surface area contributed by atoms with Gasteiger partial charge in [-0.1, -0.05) is 24.3 Å². The summed E-state index contributed by atoms with van der Waals surface area (Å²) < 4.78 is 37.2. The zero-order valence-electron chi connectivity index (χ0n) is 15.1. The molecule has 0 unspecified atom stereocenters. The Morgan fingerprint density at radius 2 is 1.69 bits per heavy atom. The number of ether oxygens (including phenoxy) is 2. The quantitative estimate of drug-likeness (QED) is 0.565. The minimum atomic E-state index is -3.76. The van der Waals surface area contributed by atoms with Crippen molar-refractivity contribution in [3.63, 3.8) is 0 Å². The van der Waals surface area contributed by atoms with Gasteiger partial charge in [-0.05, 0) is 55.7 Å². The molecule has 0 spiro atoms. The Kier molecular flexibility index (Phi) is 6.76. The van der Waals surface area contributed by atoms with Gasteiger partial charge in [-0.25, -0.2) is 8.42 Å². The molecule has 0 heterocycles. The molecular formula is C19H23NO5S. The molecule has 0 fully saturated rings. The van der Waals surface area contributed by atoms with Crippen LogP contribution in [0.3, 0.4) is 0 Å². The van der Waals surface area contributed by atoms with Crippen molar-refractivity contribution in [2.45, 2.75) is 25.7 Å². The molecule has 0 bridgehead atoms. The third-order valence-corrected chi connectivity index (χ3v) is 5.29. The Hall–Kier alpha value is -2.38. The fourth-order valence-corrected chi connectivity index (χ4v) is 3.25. The molecule has 0 radical (unpaired) electrons. The summed E-state index contributed by atoms with van der Waals surface area (Å²) in [6.07, 6.45) is 0. The van der Waals surface area contributed by atoms with E-state index in [1.165, 1.54) is 6.07 Å². The van der Waals surface area contributed by atoms with Crippen LogP contribution in [0, 0.1) is 20.8 Å². The van der Waals surface area contributed by atoms with Gasteiger partial charge in [0.2, 0.25) is 10.0 Å². The van der Waals surface area contributed by atoms with E-state index >= 15 is 0 Å². The Morgan fingerprint density at radius 1 is 0.962 bits per heavy atom. The van der Waals surface area contributed by atoms with Crippen LogP contribution in [0.25, 0.3) is 0 Å². The second kappa shape index (κ2) is 8.82. The predicted octanol–water partition coefficient (Wildman–Crippen LogP) is 2.51. The van der Waals surface area contributed by atoms with Crippen molar-refractivity contribution < 1.29 is 22.7 Å². The Labute approximate surface area is 154 Å². The van der Waals surface area contributed by atoms with Crippen LogP contribution in [-0.4, -0.2) is 34.1 Å². The highest BCUT2D eigenvalue weighted by molar-refractivity contribution is 7.89. The van der Waals surface area contributed by atoms with Crippen LogP contribution in [-0.2, 0) is 19.6 Å². The highest BCUT2D eigenvalue weighted by atomic mass is 32.2. The molecule has 7 heteroatoms. The zero-order chi connectivity index (χ0) is 19.2. The van der Waals surface area contributed by atoms with Crippen molar-refractivity contribution in [3.05, 3.63) is 59.2 Å². The molecule has 0 saturated heterocycles. The number of nitrogens with one attached hydrogen (secondary N) is 1. The first-order chi connectivity index (χ1) is 12.3. The number of esters is 1. The van der Waals surface area contributed by atoms with Gasteiger partial charge in [-0.15, -0.1) is 0 Å².